The molecule has 0 heterocycles. The summed E-state index contributed by atoms with van der Waals surface area (Å²) < 4.78 is 135. The maximum Gasteiger partial charge on any atom is 0.435 e. The van der Waals surface area contributed by atoms with Crippen molar-refractivity contribution in [2.75, 3.05) is 31.0 Å². The van der Waals surface area contributed by atoms with Gasteiger partial charge in [0.15, 0.2) is 11.5 Å². The number of carbonyl (C=O) groups is 2. The van der Waals surface area contributed by atoms with Crippen LogP contribution < -0.4 is 24.4 Å². The molecule has 45 heavy (non-hydrogen) atoms. The number of hydrogen-bond acceptors (Lipinski definition) is 5. The normalized spacial score (nSPS) is 12.1. The minimum absolute atomic E-state index is 0.0211. The number of rotatable bonds is 10. The van der Waals surface area contributed by atoms with E-state index in [1.165, 1.54) is 36.3 Å². The summed E-state index contributed by atoms with van der Waals surface area (Å²) in [4.78, 5) is 28.0. The molecule has 0 spiro atoms. The van der Waals surface area contributed by atoms with E-state index in [-0.39, 0.29) is 47.0 Å². The van der Waals surface area contributed by atoms with Gasteiger partial charge in [-0.2, -0.15) is 35.1 Å². The molecule has 3 aromatic carbocycles. The van der Waals surface area contributed by atoms with E-state index in [0.29, 0.717) is 0 Å². The van der Waals surface area contributed by atoms with Gasteiger partial charge in [0.25, 0.3) is 11.8 Å². The molecule has 17 heteroatoms. The zero-order valence-corrected chi connectivity index (χ0v) is 24.8. The number of halogens is 10. The molecule has 2 amide bonds. The first-order valence-corrected chi connectivity index (χ1v) is 13.3. The van der Waals surface area contributed by atoms with Gasteiger partial charge in [-0.1, -0.05) is 18.2 Å². The van der Waals surface area contributed by atoms with Crippen LogP contribution in [-0.2, 0) is 5.67 Å². The Morgan fingerprint density at radius 2 is 1.47 bits per heavy atom. The first-order chi connectivity index (χ1) is 20.9. The topological polar surface area (TPSA) is 77.1 Å². The lowest BCUT2D eigenvalue weighted by atomic mass is 9.93. The Morgan fingerprint density at radius 3 is 2.00 bits per heavy atom. The van der Waals surface area contributed by atoms with Crippen LogP contribution in [0.1, 0.15) is 33.2 Å². The van der Waals surface area contributed by atoms with Crippen LogP contribution in [0.25, 0.3) is 0 Å². The standard InChI is InChI=1S/C28H22BrF9N2O5/c1-4-40(24(42)15-8-5-6-11-19(15)43-2)18-10-7-9-16(22(18)44-3)23(41)39-21-17(29)12-14(13-20(21)45-25(30)31)26(32,27(33,34)35)28(36,37)38/h5-13,25H,4H2,1-3H3,(H,39,41). The predicted molar refractivity (Wildman–Crippen MR) is 147 cm³/mol. The van der Waals surface area contributed by atoms with Crippen LogP contribution in [0.5, 0.6) is 17.2 Å². The molecule has 0 bridgehead atoms. The van der Waals surface area contributed by atoms with Crippen molar-refractivity contribution in [3.8, 4) is 17.2 Å². The number of nitrogens with one attached hydrogen (secondary N) is 1. The Labute approximate surface area is 258 Å². The van der Waals surface area contributed by atoms with Crippen molar-refractivity contribution in [3.05, 3.63) is 75.8 Å². The summed E-state index contributed by atoms with van der Waals surface area (Å²) >= 11 is 2.62. The number of anilines is 2. The molecule has 0 aromatic heterocycles. The number of para-hydroxylation sites is 2. The van der Waals surface area contributed by atoms with Crippen molar-refractivity contribution in [1.82, 2.24) is 0 Å². The Balaban J connectivity index is 2.12. The SMILES string of the molecule is CCN(C(=O)c1ccccc1OC)c1cccc(C(=O)Nc2c(Br)cc(C(F)(C(F)(F)F)C(F)(F)F)cc2OC(F)F)c1OC. The van der Waals surface area contributed by atoms with Crippen molar-refractivity contribution in [2.24, 2.45) is 0 Å². The lowest BCUT2D eigenvalue weighted by Gasteiger charge is -2.31. The highest BCUT2D eigenvalue weighted by molar-refractivity contribution is 9.10. The third-order valence-corrected chi connectivity index (χ3v) is 6.95. The fourth-order valence-electron chi connectivity index (χ4n) is 4.28. The summed E-state index contributed by atoms with van der Waals surface area (Å²) in [6.07, 6.45) is -13.1. The molecule has 3 rings (SSSR count). The van der Waals surface area contributed by atoms with Crippen LogP contribution >= 0.6 is 15.9 Å². The maximum absolute atomic E-state index is 14.7. The van der Waals surface area contributed by atoms with Gasteiger partial charge in [-0.15, -0.1) is 0 Å². The molecule has 0 aliphatic heterocycles. The third kappa shape index (κ3) is 6.92. The second-order valence-electron chi connectivity index (χ2n) is 8.93. The highest BCUT2D eigenvalue weighted by Crippen LogP contribution is 2.55. The Bertz CT molecular complexity index is 1550. The molecule has 0 aliphatic carbocycles. The largest absolute Gasteiger partial charge is 0.496 e. The molecule has 0 aliphatic rings. The average Bonchev–Trinajstić information content (AvgIpc) is 2.96. The Kier molecular flexibility index (Phi) is 10.6. The van der Waals surface area contributed by atoms with E-state index < -0.39 is 57.9 Å². The summed E-state index contributed by atoms with van der Waals surface area (Å²) in [5.41, 5.74) is -9.12. The quantitative estimate of drug-likeness (QED) is 0.214. The molecule has 244 valence electrons. The monoisotopic (exact) mass is 716 g/mol. The van der Waals surface area contributed by atoms with Crippen molar-refractivity contribution in [3.63, 3.8) is 0 Å². The number of alkyl halides is 9. The Hall–Kier alpha value is -4.15. The van der Waals surface area contributed by atoms with Gasteiger partial charge in [-0.25, -0.2) is 4.39 Å². The van der Waals surface area contributed by atoms with Gasteiger partial charge in [0, 0.05) is 16.6 Å². The van der Waals surface area contributed by atoms with Crippen molar-refractivity contribution in [2.45, 2.75) is 31.6 Å². The van der Waals surface area contributed by atoms with Gasteiger partial charge in [0.1, 0.15) is 5.75 Å². The van der Waals surface area contributed by atoms with Crippen molar-refractivity contribution >= 4 is 39.1 Å². The predicted octanol–water partition coefficient (Wildman–Crippen LogP) is 8.28. The number of carbonyl (C=O) groups excluding carboxylic acids is 2. The molecule has 0 fully saturated rings. The van der Waals surface area contributed by atoms with Crippen LogP contribution in [0.4, 0.5) is 50.9 Å². The molecule has 0 saturated heterocycles. The van der Waals surface area contributed by atoms with E-state index in [2.05, 4.69) is 26.0 Å². The van der Waals surface area contributed by atoms with E-state index in [9.17, 15) is 49.1 Å². The molecule has 0 saturated carbocycles. The van der Waals surface area contributed by atoms with Gasteiger partial charge in [-0.3, -0.25) is 9.59 Å². The van der Waals surface area contributed by atoms with E-state index in [4.69, 9.17) is 9.47 Å². The van der Waals surface area contributed by atoms with Crippen LogP contribution in [-0.4, -0.2) is 51.5 Å². The van der Waals surface area contributed by atoms with Crippen LogP contribution in [0, 0.1) is 0 Å². The summed E-state index contributed by atoms with van der Waals surface area (Å²) in [6.45, 7) is -2.16. The highest BCUT2D eigenvalue weighted by Gasteiger charge is 2.73. The van der Waals surface area contributed by atoms with Gasteiger partial charge in [0.2, 0.25) is 0 Å². The van der Waals surface area contributed by atoms with Gasteiger partial charge >= 0.3 is 24.6 Å². The molecule has 0 atom stereocenters. The summed E-state index contributed by atoms with van der Waals surface area (Å²) in [6, 6.07) is 9.94. The zero-order valence-electron chi connectivity index (χ0n) is 23.2. The number of methoxy groups -OCH3 is 2. The lowest BCUT2D eigenvalue weighted by Crippen LogP contribution is -2.50. The fourth-order valence-corrected chi connectivity index (χ4v) is 4.82. The lowest BCUT2D eigenvalue weighted by molar-refractivity contribution is -0.348. The van der Waals surface area contributed by atoms with E-state index in [1.807, 2.05) is 0 Å². The fraction of sp³-hybridized carbons (Fsp3) is 0.286. The molecule has 1 N–H and O–H groups in total. The molecule has 0 radical (unpaired) electrons. The van der Waals surface area contributed by atoms with Crippen molar-refractivity contribution in [1.29, 1.82) is 0 Å². The summed E-state index contributed by atoms with van der Waals surface area (Å²) in [5, 5.41) is 2.06. The minimum Gasteiger partial charge on any atom is -0.496 e. The Morgan fingerprint density at radius 1 is 0.867 bits per heavy atom. The maximum atomic E-state index is 14.7. The van der Waals surface area contributed by atoms with Gasteiger partial charge in [0.05, 0.1) is 36.7 Å². The smallest absolute Gasteiger partial charge is 0.435 e. The number of nitrogens with zero attached hydrogens (tertiary/aromatic N) is 1. The molecule has 3 aromatic rings. The summed E-state index contributed by atoms with van der Waals surface area (Å²) in [7, 11) is 2.49. The number of benzene rings is 3. The molecule has 0 unspecified atom stereocenters. The second-order valence-corrected chi connectivity index (χ2v) is 9.78. The molecule has 7 nitrogen and oxygen atoms in total. The van der Waals surface area contributed by atoms with E-state index in [0.717, 1.165) is 7.11 Å². The van der Waals surface area contributed by atoms with Crippen LogP contribution in [0.15, 0.2) is 59.1 Å². The van der Waals surface area contributed by atoms with E-state index in [1.54, 1.807) is 25.1 Å². The second kappa shape index (κ2) is 13.5. The van der Waals surface area contributed by atoms with Crippen LogP contribution in [0.2, 0.25) is 0 Å². The summed E-state index contributed by atoms with van der Waals surface area (Å²) in [5.74, 6) is -3.15. The highest BCUT2D eigenvalue weighted by atomic mass is 79.9. The number of hydrogen-bond donors (Lipinski definition) is 1. The third-order valence-electron chi connectivity index (χ3n) is 6.32. The minimum atomic E-state index is -6.56. The number of amides is 2. The zero-order chi connectivity index (χ0) is 33.9. The average molecular weight is 717 g/mol. The van der Waals surface area contributed by atoms with Gasteiger partial charge in [-0.05, 0) is 59.3 Å². The first-order valence-electron chi connectivity index (χ1n) is 12.5. The van der Waals surface area contributed by atoms with Crippen LogP contribution in [0.3, 0.4) is 0 Å². The first kappa shape index (κ1) is 35.3. The van der Waals surface area contributed by atoms with Crippen molar-refractivity contribution < 1.29 is 63.3 Å². The van der Waals surface area contributed by atoms with Gasteiger partial charge < -0.3 is 24.4 Å². The molecular formula is C28H22BrF9N2O5. The number of ether oxygens (including phenoxy) is 3. The molecular weight excluding hydrogens is 695 g/mol. The van der Waals surface area contributed by atoms with E-state index >= 15 is 0 Å².